The molecule has 8 heteroatoms. The van der Waals surface area contributed by atoms with Gasteiger partial charge in [-0.1, -0.05) is 131 Å². The summed E-state index contributed by atoms with van der Waals surface area (Å²) in [5.74, 6) is 2.97. The van der Waals surface area contributed by atoms with Gasteiger partial charge in [0.15, 0.2) is 0 Å². The molecule has 5 atom stereocenters. The SMILES string of the molecule is C#C[C@H]1O[C@H](CO)[C@@H](O[Si](C(C)C)(C(C)C)C(C)C)[C@H](O[Si](C(C)C)(C(C)C)C(C)C)[C@@H]1O[Si](C(C)C)(C(C)C)C(C)C. The molecule has 0 aliphatic carbocycles. The second kappa shape index (κ2) is 16.2. The molecule has 1 fully saturated rings. The van der Waals surface area contributed by atoms with Crippen LogP contribution in [-0.4, -0.2) is 67.2 Å². The van der Waals surface area contributed by atoms with Crippen molar-refractivity contribution in [2.45, 2.75) is 205 Å². The van der Waals surface area contributed by atoms with E-state index in [9.17, 15) is 5.11 Å². The summed E-state index contributed by atoms with van der Waals surface area (Å²) in [6.07, 6.45) is 3.69. The maximum Gasteiger partial charge on any atom is 0.201 e. The average molecular weight is 657 g/mol. The lowest BCUT2D eigenvalue weighted by molar-refractivity contribution is -0.203. The molecule has 1 heterocycles. The molecule has 0 saturated carbocycles. The van der Waals surface area contributed by atoms with E-state index < -0.39 is 55.5 Å². The third kappa shape index (κ3) is 7.77. The quantitative estimate of drug-likeness (QED) is 0.132. The van der Waals surface area contributed by atoms with Gasteiger partial charge in [-0.2, -0.15) is 0 Å². The van der Waals surface area contributed by atoms with Crippen LogP contribution in [0.15, 0.2) is 0 Å². The van der Waals surface area contributed by atoms with Gasteiger partial charge in [0.1, 0.15) is 30.5 Å². The number of aliphatic hydroxyl groups excluding tert-OH is 1. The Kier molecular flexibility index (Phi) is 15.5. The van der Waals surface area contributed by atoms with Crippen LogP contribution >= 0.6 is 0 Å². The summed E-state index contributed by atoms with van der Waals surface area (Å²) in [6.45, 7) is 41.5. The van der Waals surface area contributed by atoms with E-state index in [0.29, 0.717) is 49.9 Å². The molecule has 0 radical (unpaired) electrons. The van der Waals surface area contributed by atoms with E-state index in [0.717, 1.165) is 0 Å². The molecule has 0 aromatic rings. The third-order valence-electron chi connectivity index (χ3n) is 11.1. The van der Waals surface area contributed by atoms with Gasteiger partial charge in [-0.05, 0) is 49.9 Å². The highest BCUT2D eigenvalue weighted by Gasteiger charge is 2.59. The van der Waals surface area contributed by atoms with Crippen molar-refractivity contribution >= 4 is 25.0 Å². The number of hydrogen-bond acceptors (Lipinski definition) is 5. The molecule has 0 unspecified atom stereocenters. The van der Waals surface area contributed by atoms with Crippen molar-refractivity contribution in [2.24, 2.45) is 0 Å². The first-order valence-electron chi connectivity index (χ1n) is 17.4. The van der Waals surface area contributed by atoms with Gasteiger partial charge >= 0.3 is 0 Å². The molecule has 1 saturated heterocycles. The molecular weight excluding hydrogens is 585 g/mol. The van der Waals surface area contributed by atoms with Crippen LogP contribution in [-0.2, 0) is 18.0 Å². The zero-order chi connectivity index (χ0) is 33.8. The van der Waals surface area contributed by atoms with E-state index in [2.05, 4.69) is 131 Å². The van der Waals surface area contributed by atoms with Crippen LogP contribution in [0.25, 0.3) is 0 Å². The van der Waals surface area contributed by atoms with Crippen LogP contribution in [0.1, 0.15) is 125 Å². The fraction of sp³-hybridized carbons (Fsp3) is 0.943. The van der Waals surface area contributed by atoms with Crippen molar-refractivity contribution in [1.82, 2.24) is 0 Å². The lowest BCUT2D eigenvalue weighted by atomic mass is 9.95. The van der Waals surface area contributed by atoms with Crippen LogP contribution < -0.4 is 0 Å². The lowest BCUT2D eigenvalue weighted by Crippen LogP contribution is -2.69. The predicted octanol–water partition coefficient (Wildman–Crippen LogP) is 10.1. The second-order valence-electron chi connectivity index (χ2n) is 16.1. The van der Waals surface area contributed by atoms with Crippen molar-refractivity contribution in [3.63, 3.8) is 0 Å². The van der Waals surface area contributed by atoms with Gasteiger partial charge in [0.05, 0.1) is 6.61 Å². The van der Waals surface area contributed by atoms with Crippen LogP contribution in [0, 0.1) is 12.3 Å². The molecule has 0 aromatic heterocycles. The first kappa shape index (κ1) is 41.0. The van der Waals surface area contributed by atoms with Gasteiger partial charge in [0, 0.05) is 0 Å². The highest BCUT2D eigenvalue weighted by Crippen LogP contribution is 2.50. The Hall–Kier alpha value is 0.0106. The Balaban J connectivity index is 4.19. The Morgan fingerprint density at radius 2 is 0.767 bits per heavy atom. The van der Waals surface area contributed by atoms with Gasteiger partial charge in [0.2, 0.25) is 25.0 Å². The van der Waals surface area contributed by atoms with Gasteiger partial charge < -0.3 is 23.1 Å². The third-order valence-corrected chi connectivity index (χ3v) is 29.4. The minimum atomic E-state index is -2.43. The summed E-state index contributed by atoms with van der Waals surface area (Å²) in [4.78, 5) is 0. The number of terminal acetylenes is 1. The van der Waals surface area contributed by atoms with Crippen LogP contribution in [0.5, 0.6) is 0 Å². The second-order valence-corrected chi connectivity index (χ2v) is 32.4. The lowest BCUT2D eigenvalue weighted by Gasteiger charge is -2.56. The maximum absolute atomic E-state index is 10.9. The van der Waals surface area contributed by atoms with Crippen molar-refractivity contribution in [1.29, 1.82) is 0 Å². The summed E-state index contributed by atoms with van der Waals surface area (Å²) in [7, 11) is -7.25. The summed E-state index contributed by atoms with van der Waals surface area (Å²) in [5.41, 5.74) is 3.35. The van der Waals surface area contributed by atoms with Gasteiger partial charge in [-0.3, -0.25) is 0 Å². The monoisotopic (exact) mass is 656 g/mol. The fourth-order valence-corrected chi connectivity index (χ4v) is 26.2. The number of ether oxygens (including phenoxy) is 1. The van der Waals surface area contributed by atoms with Crippen molar-refractivity contribution in [3.05, 3.63) is 0 Å². The normalized spacial score (nSPS) is 24.7. The molecule has 0 bridgehead atoms. The molecule has 1 N–H and O–H groups in total. The minimum absolute atomic E-state index is 0.172. The summed E-state index contributed by atoms with van der Waals surface area (Å²) < 4.78 is 29.6. The predicted molar refractivity (Wildman–Crippen MR) is 192 cm³/mol. The summed E-state index contributed by atoms with van der Waals surface area (Å²) in [5, 5.41) is 10.9. The molecular formula is C35H72O5Si3. The molecule has 1 aliphatic heterocycles. The van der Waals surface area contributed by atoms with Crippen LogP contribution in [0.2, 0.25) is 49.9 Å². The van der Waals surface area contributed by atoms with Gasteiger partial charge in [-0.25, -0.2) is 0 Å². The largest absolute Gasteiger partial charge is 0.408 e. The summed E-state index contributed by atoms with van der Waals surface area (Å²) in [6, 6.07) is 0. The van der Waals surface area contributed by atoms with Crippen LogP contribution in [0.4, 0.5) is 0 Å². The Morgan fingerprint density at radius 1 is 0.512 bits per heavy atom. The Bertz CT molecular complexity index is 812. The first-order valence-corrected chi connectivity index (χ1v) is 23.8. The maximum atomic E-state index is 10.9. The van der Waals surface area contributed by atoms with Crippen molar-refractivity contribution in [2.75, 3.05) is 6.61 Å². The van der Waals surface area contributed by atoms with E-state index in [-0.39, 0.29) is 6.61 Å². The fourth-order valence-electron chi connectivity index (χ4n) is 9.53. The zero-order valence-electron chi connectivity index (χ0n) is 31.4. The zero-order valence-corrected chi connectivity index (χ0v) is 34.4. The summed E-state index contributed by atoms with van der Waals surface area (Å²) >= 11 is 0. The minimum Gasteiger partial charge on any atom is -0.408 e. The van der Waals surface area contributed by atoms with Crippen molar-refractivity contribution < 1.29 is 23.1 Å². The van der Waals surface area contributed by atoms with Gasteiger partial charge in [-0.15, -0.1) is 6.42 Å². The Labute approximate surface area is 271 Å². The molecule has 43 heavy (non-hydrogen) atoms. The van der Waals surface area contributed by atoms with E-state index in [4.69, 9.17) is 24.4 Å². The van der Waals surface area contributed by atoms with E-state index >= 15 is 0 Å². The molecule has 1 rings (SSSR count). The molecule has 1 aliphatic rings. The highest BCUT2D eigenvalue weighted by molar-refractivity contribution is 6.79. The standard InChI is InChI=1S/C35H72O5Si3/c1-20-31-33(38-41(22(2)3,23(4)5)24(6)7)35(40-43(28(14)15,29(16)17)30(18)19)34(32(21-36)37-31)39-42(25(8)9,26(10)11)27(12)13/h1,22-36H,21H2,2-19H3/t31-,32-,33-,34-,35-/m1/s1. The topological polar surface area (TPSA) is 57.2 Å². The van der Waals surface area contributed by atoms with E-state index in [1.54, 1.807) is 0 Å². The molecule has 0 amide bonds. The van der Waals surface area contributed by atoms with E-state index in [1.807, 2.05) is 0 Å². The molecule has 5 nitrogen and oxygen atoms in total. The Morgan fingerprint density at radius 3 is 1.00 bits per heavy atom. The first-order chi connectivity index (χ1) is 19.7. The van der Waals surface area contributed by atoms with Gasteiger partial charge in [0.25, 0.3) is 0 Å². The number of hydrogen-bond donors (Lipinski definition) is 1. The molecule has 0 spiro atoms. The number of rotatable bonds is 16. The molecule has 0 aromatic carbocycles. The average Bonchev–Trinajstić information content (AvgIpc) is 2.86. The molecule has 254 valence electrons. The number of aliphatic hydroxyl groups is 1. The van der Waals surface area contributed by atoms with Crippen LogP contribution in [0.3, 0.4) is 0 Å². The smallest absolute Gasteiger partial charge is 0.201 e. The van der Waals surface area contributed by atoms with E-state index in [1.165, 1.54) is 0 Å². The highest BCUT2D eigenvalue weighted by atomic mass is 28.4. The van der Waals surface area contributed by atoms with Crippen molar-refractivity contribution in [3.8, 4) is 12.3 Å².